The first-order valence-electron chi connectivity index (χ1n) is 6.67. The molecule has 2 heteroatoms. The van der Waals surface area contributed by atoms with E-state index in [1.165, 1.54) is 0 Å². The predicted molar refractivity (Wildman–Crippen MR) is 74.0 cm³/mol. The molecule has 0 saturated heterocycles. The molecule has 98 valence electrons. The van der Waals surface area contributed by atoms with Crippen LogP contribution in [0.5, 0.6) is 0 Å². The first-order valence-corrected chi connectivity index (χ1v) is 6.67. The Morgan fingerprint density at radius 3 is 1.94 bits per heavy atom. The summed E-state index contributed by atoms with van der Waals surface area (Å²) in [7, 11) is 0. The van der Waals surface area contributed by atoms with Gasteiger partial charge >= 0.3 is 0 Å². The number of aryl methyl sites for hydroxylation is 2. The molecule has 0 aliphatic rings. The van der Waals surface area contributed by atoms with Crippen molar-refractivity contribution in [3.8, 4) is 0 Å². The molecule has 0 aromatic heterocycles. The molecular weight excluding hydrogens is 224 g/mol. The summed E-state index contributed by atoms with van der Waals surface area (Å²) in [4.78, 5) is 24.0. The minimum atomic E-state index is -0.0761. The van der Waals surface area contributed by atoms with Gasteiger partial charge in [-0.2, -0.15) is 0 Å². The molecule has 0 N–H and O–H groups in total. The van der Waals surface area contributed by atoms with Gasteiger partial charge in [0, 0.05) is 11.5 Å². The summed E-state index contributed by atoms with van der Waals surface area (Å²) in [5.41, 5.74) is 2.88. The van der Waals surface area contributed by atoms with Crippen LogP contribution < -0.4 is 0 Å². The molecule has 2 nitrogen and oxygen atoms in total. The highest BCUT2D eigenvalue weighted by molar-refractivity contribution is 6.09. The Hall–Kier alpha value is -1.44. The molecule has 0 aliphatic heterocycles. The highest BCUT2D eigenvalue weighted by Crippen LogP contribution is 2.19. The van der Waals surface area contributed by atoms with Crippen molar-refractivity contribution < 1.29 is 9.59 Å². The largest absolute Gasteiger partial charge is 0.299 e. The van der Waals surface area contributed by atoms with E-state index in [0.29, 0.717) is 0 Å². The Kier molecular flexibility index (Phi) is 5.26. The van der Waals surface area contributed by atoms with E-state index in [1.807, 2.05) is 45.9 Å². The van der Waals surface area contributed by atoms with E-state index < -0.39 is 0 Å². The van der Waals surface area contributed by atoms with Gasteiger partial charge in [-0.1, -0.05) is 45.9 Å². The maximum Gasteiger partial charge on any atom is 0.170 e. The minimum absolute atomic E-state index is 0.0213. The van der Waals surface area contributed by atoms with Crippen LogP contribution >= 0.6 is 0 Å². The fraction of sp³-hybridized carbons (Fsp3) is 0.500. The fourth-order valence-corrected chi connectivity index (χ4v) is 2.05. The van der Waals surface area contributed by atoms with E-state index in [-0.39, 0.29) is 23.9 Å². The SMILES string of the molecule is CCc1cccc(CC)c1C(=O)CC(=O)C(C)C. The third-order valence-electron chi connectivity index (χ3n) is 3.26. The number of benzene rings is 1. The van der Waals surface area contributed by atoms with Crippen LogP contribution in [0.25, 0.3) is 0 Å². The molecule has 0 spiro atoms. The van der Waals surface area contributed by atoms with Crippen molar-refractivity contribution in [3.05, 3.63) is 34.9 Å². The minimum Gasteiger partial charge on any atom is -0.299 e. The Bertz CT molecular complexity index is 422. The van der Waals surface area contributed by atoms with Crippen LogP contribution in [0, 0.1) is 5.92 Å². The van der Waals surface area contributed by atoms with Crippen molar-refractivity contribution in [3.63, 3.8) is 0 Å². The summed E-state index contributed by atoms with van der Waals surface area (Å²) >= 11 is 0. The summed E-state index contributed by atoms with van der Waals surface area (Å²) in [5.74, 6) is -0.0798. The Morgan fingerprint density at radius 2 is 1.56 bits per heavy atom. The predicted octanol–water partition coefficient (Wildman–Crippen LogP) is 3.61. The first kappa shape index (κ1) is 14.6. The lowest BCUT2D eigenvalue weighted by molar-refractivity contribution is -0.121. The Morgan fingerprint density at radius 1 is 1.06 bits per heavy atom. The molecule has 18 heavy (non-hydrogen) atoms. The molecule has 0 fully saturated rings. The van der Waals surface area contributed by atoms with E-state index in [9.17, 15) is 9.59 Å². The quantitative estimate of drug-likeness (QED) is 0.567. The summed E-state index contributed by atoms with van der Waals surface area (Å²) in [6.07, 6.45) is 1.68. The highest BCUT2D eigenvalue weighted by Gasteiger charge is 2.19. The maximum absolute atomic E-state index is 12.3. The van der Waals surface area contributed by atoms with Crippen LogP contribution in [0.1, 0.15) is 55.6 Å². The van der Waals surface area contributed by atoms with Crippen LogP contribution in [0.15, 0.2) is 18.2 Å². The van der Waals surface area contributed by atoms with E-state index >= 15 is 0 Å². The van der Waals surface area contributed by atoms with Gasteiger partial charge in [-0.15, -0.1) is 0 Å². The lowest BCUT2D eigenvalue weighted by Gasteiger charge is -2.12. The van der Waals surface area contributed by atoms with Crippen molar-refractivity contribution in [2.45, 2.75) is 47.0 Å². The highest BCUT2D eigenvalue weighted by atomic mass is 16.1. The molecule has 1 aromatic rings. The van der Waals surface area contributed by atoms with Crippen LogP contribution in [0.3, 0.4) is 0 Å². The summed E-state index contributed by atoms with van der Waals surface area (Å²) in [6, 6.07) is 5.94. The van der Waals surface area contributed by atoms with Crippen LogP contribution in [-0.4, -0.2) is 11.6 Å². The number of Topliss-reactive ketones (excluding diaryl/α,β-unsaturated/α-hetero) is 2. The molecule has 0 aliphatic carbocycles. The smallest absolute Gasteiger partial charge is 0.170 e. The maximum atomic E-state index is 12.3. The molecular formula is C16H22O2. The van der Waals surface area contributed by atoms with E-state index in [0.717, 1.165) is 29.5 Å². The lowest BCUT2D eigenvalue weighted by Crippen LogP contribution is -2.16. The van der Waals surface area contributed by atoms with Crippen molar-refractivity contribution in [2.75, 3.05) is 0 Å². The summed E-state index contributed by atoms with van der Waals surface area (Å²) in [5, 5.41) is 0. The molecule has 1 aromatic carbocycles. The second-order valence-corrected chi connectivity index (χ2v) is 4.88. The van der Waals surface area contributed by atoms with Crippen molar-refractivity contribution >= 4 is 11.6 Å². The Labute approximate surface area is 109 Å². The summed E-state index contributed by atoms with van der Waals surface area (Å²) in [6.45, 7) is 7.75. The summed E-state index contributed by atoms with van der Waals surface area (Å²) < 4.78 is 0. The van der Waals surface area contributed by atoms with Crippen LogP contribution in [0.4, 0.5) is 0 Å². The zero-order valence-corrected chi connectivity index (χ0v) is 11.7. The van der Waals surface area contributed by atoms with Gasteiger partial charge in [-0.25, -0.2) is 0 Å². The number of hydrogen-bond donors (Lipinski definition) is 0. The number of hydrogen-bond acceptors (Lipinski definition) is 2. The number of carbonyl (C=O) groups is 2. The van der Waals surface area contributed by atoms with Gasteiger partial charge in [0.2, 0.25) is 0 Å². The molecule has 0 amide bonds. The van der Waals surface area contributed by atoms with E-state index in [1.54, 1.807) is 0 Å². The third kappa shape index (κ3) is 3.28. The fourth-order valence-electron chi connectivity index (χ4n) is 2.05. The molecule has 0 saturated carbocycles. The van der Waals surface area contributed by atoms with Gasteiger partial charge in [-0.05, 0) is 24.0 Å². The number of rotatable bonds is 6. The zero-order chi connectivity index (χ0) is 13.7. The Balaban J connectivity index is 3.07. The molecule has 1 rings (SSSR count). The van der Waals surface area contributed by atoms with Crippen LogP contribution in [-0.2, 0) is 17.6 Å². The number of carbonyl (C=O) groups excluding carboxylic acids is 2. The molecule has 0 bridgehead atoms. The average Bonchev–Trinajstić information content (AvgIpc) is 2.37. The monoisotopic (exact) mass is 246 g/mol. The van der Waals surface area contributed by atoms with Crippen LogP contribution in [0.2, 0.25) is 0 Å². The van der Waals surface area contributed by atoms with Crippen molar-refractivity contribution in [2.24, 2.45) is 5.92 Å². The van der Waals surface area contributed by atoms with Gasteiger partial charge in [0.25, 0.3) is 0 Å². The zero-order valence-electron chi connectivity index (χ0n) is 11.7. The van der Waals surface area contributed by atoms with Gasteiger partial charge in [0.05, 0.1) is 6.42 Å². The normalized spacial score (nSPS) is 10.7. The van der Waals surface area contributed by atoms with Gasteiger partial charge in [0.15, 0.2) is 5.78 Å². The molecule has 0 unspecified atom stereocenters. The number of ketones is 2. The second-order valence-electron chi connectivity index (χ2n) is 4.88. The van der Waals surface area contributed by atoms with Gasteiger partial charge < -0.3 is 0 Å². The standard InChI is InChI=1S/C16H22O2/c1-5-12-8-7-9-13(6-2)16(12)15(18)10-14(17)11(3)4/h7-9,11H,5-6,10H2,1-4H3. The molecule has 0 radical (unpaired) electrons. The van der Waals surface area contributed by atoms with Gasteiger partial charge in [0.1, 0.15) is 5.78 Å². The molecule has 0 atom stereocenters. The second kappa shape index (κ2) is 6.48. The van der Waals surface area contributed by atoms with E-state index in [4.69, 9.17) is 0 Å². The first-order chi connectivity index (χ1) is 8.51. The van der Waals surface area contributed by atoms with E-state index in [2.05, 4.69) is 0 Å². The van der Waals surface area contributed by atoms with Crippen molar-refractivity contribution in [1.82, 2.24) is 0 Å². The lowest BCUT2D eigenvalue weighted by atomic mass is 9.91. The third-order valence-corrected chi connectivity index (χ3v) is 3.26. The van der Waals surface area contributed by atoms with Crippen molar-refractivity contribution in [1.29, 1.82) is 0 Å². The van der Waals surface area contributed by atoms with Gasteiger partial charge in [-0.3, -0.25) is 9.59 Å². The topological polar surface area (TPSA) is 34.1 Å². The average molecular weight is 246 g/mol. The molecule has 0 heterocycles.